The Morgan fingerprint density at radius 3 is 2.82 bits per heavy atom. The number of fused-ring (bicyclic) bond motifs is 1. The molecule has 0 aliphatic heterocycles. The highest BCUT2D eigenvalue weighted by atomic mass is 19.1. The van der Waals surface area contributed by atoms with Gasteiger partial charge in [0.2, 0.25) is 0 Å². The molecule has 0 aliphatic carbocycles. The van der Waals surface area contributed by atoms with Crippen LogP contribution in [0.25, 0.3) is 10.9 Å². The fourth-order valence-electron chi connectivity index (χ4n) is 2.06. The van der Waals surface area contributed by atoms with Gasteiger partial charge in [-0.25, -0.2) is 4.39 Å². The number of halogens is 1. The summed E-state index contributed by atoms with van der Waals surface area (Å²) in [6.07, 6.45) is 8.58. The summed E-state index contributed by atoms with van der Waals surface area (Å²) < 4.78 is 15.5. The summed E-state index contributed by atoms with van der Waals surface area (Å²) in [5.74, 6) is 2.08. The number of hydrogen-bond acceptors (Lipinski definition) is 2. The Labute approximate surface area is 129 Å². The molecule has 0 unspecified atom stereocenters. The number of anilines is 1. The van der Waals surface area contributed by atoms with Crippen molar-refractivity contribution >= 4 is 16.6 Å². The van der Waals surface area contributed by atoms with Crippen molar-refractivity contribution in [3.63, 3.8) is 0 Å². The van der Waals surface area contributed by atoms with E-state index in [2.05, 4.69) is 22.9 Å². The maximum absolute atomic E-state index is 13.7. The summed E-state index contributed by atoms with van der Waals surface area (Å²) in [5.41, 5.74) is 3.36. The lowest BCUT2D eigenvalue weighted by atomic mass is 10.1. The van der Waals surface area contributed by atoms with E-state index in [9.17, 15) is 4.39 Å². The van der Waals surface area contributed by atoms with Crippen molar-refractivity contribution in [3.8, 4) is 12.3 Å². The molecule has 0 spiro atoms. The first-order valence-electron chi connectivity index (χ1n) is 6.82. The highest BCUT2D eigenvalue weighted by molar-refractivity contribution is 5.92. The maximum atomic E-state index is 13.7. The fraction of sp³-hybridized carbons (Fsp3) is 0.167. The molecule has 0 atom stereocenters. The topological polar surface area (TPSA) is 29.9 Å². The van der Waals surface area contributed by atoms with Crippen LogP contribution in [0.15, 0.2) is 59.7 Å². The number of terminal acetylenes is 1. The lowest BCUT2D eigenvalue weighted by Crippen LogP contribution is -1.99. The van der Waals surface area contributed by atoms with Crippen molar-refractivity contribution in [2.45, 2.75) is 13.8 Å². The monoisotopic (exact) mass is 295 g/mol. The van der Waals surface area contributed by atoms with Crippen LogP contribution in [0.2, 0.25) is 0 Å². The van der Waals surface area contributed by atoms with Crippen LogP contribution in [0.5, 0.6) is 0 Å². The molecule has 2 aromatic rings. The number of nitrogens with zero attached hydrogens (tertiary/aromatic N) is 2. The number of rotatable bonds is 4. The molecule has 1 N–H and O–H groups in total. The van der Waals surface area contributed by atoms with E-state index in [1.807, 2.05) is 32.2 Å². The van der Waals surface area contributed by atoms with Crippen LogP contribution in [0, 0.1) is 12.3 Å². The van der Waals surface area contributed by atoms with Crippen molar-refractivity contribution < 1.29 is 4.39 Å². The third-order valence-corrected chi connectivity index (χ3v) is 3.35. The normalized spacial score (nSPS) is 12.8. The first kappa shape index (κ1) is 15.6. The van der Waals surface area contributed by atoms with Crippen molar-refractivity contribution in [1.29, 1.82) is 0 Å². The molecule has 0 radical (unpaired) electrons. The first-order valence-corrected chi connectivity index (χ1v) is 6.82. The van der Waals surface area contributed by atoms with Crippen LogP contribution in [0.1, 0.15) is 13.8 Å². The molecule has 0 aliphatic rings. The molecule has 22 heavy (non-hydrogen) atoms. The molecule has 0 saturated carbocycles. The third kappa shape index (κ3) is 3.09. The van der Waals surface area contributed by atoms with Crippen molar-refractivity contribution in [1.82, 2.24) is 9.78 Å². The average Bonchev–Trinajstić information content (AvgIpc) is 2.87. The van der Waals surface area contributed by atoms with Gasteiger partial charge in [0.15, 0.2) is 0 Å². The van der Waals surface area contributed by atoms with Gasteiger partial charge in [-0.2, -0.15) is 5.10 Å². The van der Waals surface area contributed by atoms with E-state index in [4.69, 9.17) is 6.42 Å². The Balaban J connectivity index is 2.43. The summed E-state index contributed by atoms with van der Waals surface area (Å²) in [4.78, 5) is 0. The Hall–Kier alpha value is -2.80. The Bertz CT molecular complexity index is 832. The Morgan fingerprint density at radius 2 is 2.18 bits per heavy atom. The van der Waals surface area contributed by atoms with Gasteiger partial charge in [-0.15, -0.1) is 6.42 Å². The van der Waals surface area contributed by atoms with Crippen LogP contribution in [-0.4, -0.2) is 9.78 Å². The number of nitrogens with one attached hydrogen (secondary N) is 1. The lowest BCUT2D eigenvalue weighted by molar-refractivity contribution is 0.652. The molecule has 1 aromatic carbocycles. The number of allylic oxidation sites excluding steroid dienone is 5. The van der Waals surface area contributed by atoms with Crippen LogP contribution < -0.4 is 5.32 Å². The predicted octanol–water partition coefficient (Wildman–Crippen LogP) is 4.32. The van der Waals surface area contributed by atoms with Crippen LogP contribution in [0.4, 0.5) is 10.1 Å². The standard InChI is InChI=1S/C18H18FN3/c1-6-14(10-16(19)12(2)3)13(4)21-17-8-7-9-18-15(17)11-20-22(18)5/h1,7-11,21H,2H2,3-5H3/b14-13+,16-10+. The maximum Gasteiger partial charge on any atom is 0.126 e. The second kappa shape index (κ2) is 6.31. The van der Waals surface area contributed by atoms with Gasteiger partial charge in [-0.3, -0.25) is 4.68 Å². The zero-order valence-corrected chi connectivity index (χ0v) is 12.9. The molecule has 0 saturated heterocycles. The van der Waals surface area contributed by atoms with Crippen molar-refractivity contribution in [3.05, 3.63) is 59.7 Å². The molecule has 0 amide bonds. The van der Waals surface area contributed by atoms with Crippen LogP contribution >= 0.6 is 0 Å². The quantitative estimate of drug-likeness (QED) is 0.672. The fourth-order valence-corrected chi connectivity index (χ4v) is 2.06. The largest absolute Gasteiger partial charge is 0.358 e. The van der Waals surface area contributed by atoms with Crippen molar-refractivity contribution in [2.75, 3.05) is 5.32 Å². The molecule has 1 aromatic heterocycles. The average molecular weight is 295 g/mol. The van der Waals surface area contributed by atoms with Crippen LogP contribution in [-0.2, 0) is 7.05 Å². The number of aryl methyl sites for hydroxylation is 1. The van der Waals surface area contributed by atoms with Gasteiger partial charge in [0.1, 0.15) is 5.83 Å². The summed E-state index contributed by atoms with van der Waals surface area (Å²) in [5, 5.41) is 8.45. The molecule has 112 valence electrons. The zero-order chi connectivity index (χ0) is 16.3. The minimum absolute atomic E-state index is 0.343. The molecule has 3 nitrogen and oxygen atoms in total. The summed E-state index contributed by atoms with van der Waals surface area (Å²) in [6.45, 7) is 6.97. The van der Waals surface area contributed by atoms with Gasteiger partial charge in [-0.05, 0) is 37.6 Å². The van der Waals surface area contributed by atoms with Gasteiger partial charge in [0, 0.05) is 29.4 Å². The molecular formula is C18H18FN3. The number of aromatic nitrogens is 2. The lowest BCUT2D eigenvalue weighted by Gasteiger charge is -2.10. The SMILES string of the molecule is C#CC(/C=C(/F)C(=C)C)=C(/C)Nc1cccc2c1cnn2C. The third-order valence-electron chi connectivity index (χ3n) is 3.35. The molecule has 1 heterocycles. The van der Waals surface area contributed by atoms with Gasteiger partial charge in [0.05, 0.1) is 11.7 Å². The zero-order valence-electron chi connectivity index (χ0n) is 12.9. The summed E-state index contributed by atoms with van der Waals surface area (Å²) in [7, 11) is 1.88. The van der Waals surface area contributed by atoms with Gasteiger partial charge in [-0.1, -0.05) is 18.6 Å². The molecule has 2 rings (SSSR count). The molecular weight excluding hydrogens is 277 g/mol. The van der Waals surface area contributed by atoms with E-state index in [-0.39, 0.29) is 0 Å². The highest BCUT2D eigenvalue weighted by Gasteiger charge is 2.07. The van der Waals surface area contributed by atoms with Gasteiger partial charge >= 0.3 is 0 Å². The molecule has 0 bridgehead atoms. The van der Waals surface area contributed by atoms with E-state index in [1.165, 1.54) is 6.08 Å². The van der Waals surface area contributed by atoms with E-state index in [1.54, 1.807) is 17.8 Å². The van der Waals surface area contributed by atoms with E-state index < -0.39 is 5.83 Å². The summed E-state index contributed by atoms with van der Waals surface area (Å²) >= 11 is 0. The van der Waals surface area contributed by atoms with Gasteiger partial charge in [0.25, 0.3) is 0 Å². The molecule has 0 fully saturated rings. The Kier molecular flexibility index (Phi) is 4.47. The van der Waals surface area contributed by atoms with E-state index in [0.29, 0.717) is 16.8 Å². The molecule has 4 heteroatoms. The van der Waals surface area contributed by atoms with E-state index in [0.717, 1.165) is 16.6 Å². The second-order valence-corrected chi connectivity index (χ2v) is 5.09. The minimum Gasteiger partial charge on any atom is -0.358 e. The second-order valence-electron chi connectivity index (χ2n) is 5.09. The summed E-state index contributed by atoms with van der Waals surface area (Å²) in [6, 6.07) is 5.84. The number of hydrogen-bond donors (Lipinski definition) is 1. The smallest absolute Gasteiger partial charge is 0.126 e. The van der Waals surface area contributed by atoms with E-state index >= 15 is 0 Å². The predicted molar refractivity (Wildman–Crippen MR) is 89.9 cm³/mol. The minimum atomic E-state index is -0.423. The van der Waals surface area contributed by atoms with Crippen LogP contribution in [0.3, 0.4) is 0 Å². The van der Waals surface area contributed by atoms with Crippen molar-refractivity contribution in [2.24, 2.45) is 7.05 Å². The van der Waals surface area contributed by atoms with Gasteiger partial charge < -0.3 is 5.32 Å². The first-order chi connectivity index (χ1) is 10.4. The highest BCUT2D eigenvalue weighted by Crippen LogP contribution is 2.25. The number of benzene rings is 1. The Morgan fingerprint density at radius 1 is 1.45 bits per heavy atom.